The Balaban J connectivity index is 1.19. The van der Waals surface area contributed by atoms with Crippen LogP contribution in [0, 0.1) is 0 Å². The van der Waals surface area contributed by atoms with Gasteiger partial charge in [-0.05, 0) is 49.4 Å². The van der Waals surface area contributed by atoms with Crippen molar-refractivity contribution in [3.05, 3.63) is 52.2 Å². The Hall–Kier alpha value is -2.02. The van der Waals surface area contributed by atoms with Crippen molar-refractivity contribution < 1.29 is 9.59 Å². The first-order valence-corrected chi connectivity index (χ1v) is 12.0. The van der Waals surface area contributed by atoms with Crippen LogP contribution in [0.2, 0.25) is 0 Å². The summed E-state index contributed by atoms with van der Waals surface area (Å²) in [7, 11) is 0. The average molecular weight is 426 g/mol. The predicted octanol–water partition coefficient (Wildman–Crippen LogP) is 3.70. The summed E-state index contributed by atoms with van der Waals surface area (Å²) in [5, 5.41) is 2.16. The van der Waals surface area contributed by atoms with Crippen LogP contribution < -0.4 is 4.90 Å². The number of Topliss-reactive ketones (excluding diaryl/α,β-unsaturated/α-hetero) is 1. The van der Waals surface area contributed by atoms with Crippen LogP contribution >= 0.6 is 11.3 Å². The number of hydrogen-bond donors (Lipinski definition) is 0. The molecule has 160 valence electrons. The van der Waals surface area contributed by atoms with E-state index in [2.05, 4.69) is 27.3 Å². The summed E-state index contributed by atoms with van der Waals surface area (Å²) in [6.45, 7) is 7.49. The van der Waals surface area contributed by atoms with E-state index in [-0.39, 0.29) is 11.7 Å². The van der Waals surface area contributed by atoms with Crippen LogP contribution in [-0.4, -0.2) is 67.3 Å². The molecule has 2 aliphatic rings. The number of anilines is 1. The molecule has 1 aromatic heterocycles. The maximum Gasteiger partial charge on any atom is 0.227 e. The van der Waals surface area contributed by atoms with E-state index in [0.717, 1.165) is 64.2 Å². The molecule has 0 bridgehead atoms. The monoisotopic (exact) mass is 425 g/mol. The Morgan fingerprint density at radius 3 is 2.30 bits per heavy atom. The molecule has 0 radical (unpaired) electrons. The zero-order chi connectivity index (χ0) is 20.8. The van der Waals surface area contributed by atoms with Gasteiger partial charge < -0.3 is 14.7 Å². The highest BCUT2D eigenvalue weighted by atomic mass is 32.1. The van der Waals surface area contributed by atoms with Gasteiger partial charge in [0.2, 0.25) is 5.91 Å². The number of para-hydroxylation sites is 1. The summed E-state index contributed by atoms with van der Waals surface area (Å²) < 4.78 is 0. The molecule has 6 heteroatoms. The first-order chi connectivity index (χ1) is 14.7. The molecule has 0 unspecified atom stereocenters. The zero-order valence-electron chi connectivity index (χ0n) is 17.6. The SMILES string of the molecule is O=C1CCC(=O)N(CCCCN2CCN(CCc3cccs3)CC2)c2ccccc21. The number of carbonyl (C=O) groups excluding carboxylic acids is 2. The topological polar surface area (TPSA) is 43.9 Å². The third kappa shape index (κ3) is 5.36. The normalized spacial score (nSPS) is 18.5. The highest BCUT2D eigenvalue weighted by Crippen LogP contribution is 2.27. The van der Waals surface area contributed by atoms with Gasteiger partial charge in [0, 0.05) is 62.6 Å². The molecule has 1 amide bonds. The minimum Gasteiger partial charge on any atom is -0.312 e. The molecule has 2 aromatic rings. The van der Waals surface area contributed by atoms with Gasteiger partial charge in [-0.2, -0.15) is 0 Å². The second-order valence-electron chi connectivity index (χ2n) is 8.21. The Bertz CT molecular complexity index is 844. The molecule has 4 rings (SSSR count). The van der Waals surface area contributed by atoms with E-state index in [4.69, 9.17) is 0 Å². The molecule has 2 aliphatic heterocycles. The summed E-state index contributed by atoms with van der Waals surface area (Å²) in [4.78, 5) is 33.3. The number of nitrogens with zero attached hydrogens (tertiary/aromatic N) is 3. The lowest BCUT2D eigenvalue weighted by atomic mass is 10.1. The summed E-state index contributed by atoms with van der Waals surface area (Å²) in [6.07, 6.45) is 3.84. The van der Waals surface area contributed by atoms with Crippen LogP contribution in [0.3, 0.4) is 0 Å². The van der Waals surface area contributed by atoms with Crippen molar-refractivity contribution in [2.45, 2.75) is 32.1 Å². The Labute approximate surface area is 183 Å². The van der Waals surface area contributed by atoms with E-state index in [1.807, 2.05) is 40.5 Å². The quantitative estimate of drug-likeness (QED) is 0.605. The number of amides is 1. The zero-order valence-corrected chi connectivity index (χ0v) is 18.4. The number of rotatable bonds is 8. The first kappa shape index (κ1) is 21.2. The third-order valence-electron chi connectivity index (χ3n) is 6.19. The van der Waals surface area contributed by atoms with E-state index in [1.165, 1.54) is 4.88 Å². The lowest BCUT2D eigenvalue weighted by Gasteiger charge is -2.34. The molecule has 3 heterocycles. The van der Waals surface area contributed by atoms with Gasteiger partial charge >= 0.3 is 0 Å². The predicted molar refractivity (Wildman–Crippen MR) is 122 cm³/mol. The number of piperazine rings is 1. The molecule has 5 nitrogen and oxygen atoms in total. The molecule has 0 spiro atoms. The van der Waals surface area contributed by atoms with Gasteiger partial charge in [0.1, 0.15) is 0 Å². The Morgan fingerprint density at radius 2 is 1.53 bits per heavy atom. The molecule has 1 aromatic carbocycles. The number of carbonyl (C=O) groups is 2. The minimum absolute atomic E-state index is 0.0765. The lowest BCUT2D eigenvalue weighted by Crippen LogP contribution is -2.47. The van der Waals surface area contributed by atoms with Crippen LogP contribution in [0.1, 0.15) is 40.9 Å². The van der Waals surface area contributed by atoms with Gasteiger partial charge in [-0.3, -0.25) is 9.59 Å². The maximum atomic E-state index is 12.6. The van der Waals surface area contributed by atoms with Crippen molar-refractivity contribution in [1.29, 1.82) is 0 Å². The fraction of sp³-hybridized carbons (Fsp3) is 0.500. The lowest BCUT2D eigenvalue weighted by molar-refractivity contribution is -0.118. The number of thiophene rings is 1. The Morgan fingerprint density at radius 1 is 0.800 bits per heavy atom. The van der Waals surface area contributed by atoms with Gasteiger partial charge in [0.15, 0.2) is 5.78 Å². The molecule has 30 heavy (non-hydrogen) atoms. The van der Waals surface area contributed by atoms with Gasteiger partial charge in [0.25, 0.3) is 0 Å². The molecule has 1 fully saturated rings. The van der Waals surface area contributed by atoms with E-state index in [0.29, 0.717) is 24.9 Å². The highest BCUT2D eigenvalue weighted by molar-refractivity contribution is 7.09. The maximum absolute atomic E-state index is 12.6. The van der Waals surface area contributed by atoms with Crippen molar-refractivity contribution in [3.8, 4) is 0 Å². The fourth-order valence-corrected chi connectivity index (χ4v) is 5.08. The molecular weight excluding hydrogens is 394 g/mol. The van der Waals surface area contributed by atoms with E-state index in [1.54, 1.807) is 0 Å². The van der Waals surface area contributed by atoms with Gasteiger partial charge in [-0.15, -0.1) is 11.3 Å². The van der Waals surface area contributed by atoms with Crippen LogP contribution in [-0.2, 0) is 11.2 Å². The number of benzene rings is 1. The second kappa shape index (κ2) is 10.3. The molecular formula is C24H31N3O2S. The van der Waals surface area contributed by atoms with Crippen molar-refractivity contribution in [2.24, 2.45) is 0 Å². The smallest absolute Gasteiger partial charge is 0.227 e. The van der Waals surface area contributed by atoms with E-state index >= 15 is 0 Å². The van der Waals surface area contributed by atoms with Crippen LogP contribution in [0.15, 0.2) is 41.8 Å². The number of fused-ring (bicyclic) bond motifs is 1. The number of hydrogen-bond acceptors (Lipinski definition) is 5. The minimum atomic E-state index is 0.0765. The number of ketones is 1. The summed E-state index contributed by atoms with van der Waals surface area (Å²) in [5.41, 5.74) is 1.49. The Kier molecular flexibility index (Phi) is 7.31. The standard InChI is InChI=1S/C24H31N3O2S/c28-23-9-10-24(29)27(22-8-2-1-7-21(22)23)13-4-3-12-25-15-17-26(18-16-25)14-11-20-6-5-19-30-20/h1-2,5-8,19H,3-4,9-18H2. The van der Waals surface area contributed by atoms with Crippen molar-refractivity contribution >= 4 is 28.7 Å². The largest absolute Gasteiger partial charge is 0.312 e. The molecule has 0 aliphatic carbocycles. The van der Waals surface area contributed by atoms with Crippen molar-refractivity contribution in [3.63, 3.8) is 0 Å². The summed E-state index contributed by atoms with van der Waals surface area (Å²) in [5.74, 6) is 0.158. The first-order valence-electron chi connectivity index (χ1n) is 11.1. The van der Waals surface area contributed by atoms with E-state index < -0.39 is 0 Å². The molecule has 0 N–H and O–H groups in total. The molecule has 1 saturated heterocycles. The van der Waals surface area contributed by atoms with E-state index in [9.17, 15) is 9.59 Å². The second-order valence-corrected chi connectivity index (χ2v) is 9.24. The molecule has 0 saturated carbocycles. The van der Waals surface area contributed by atoms with Crippen LogP contribution in [0.4, 0.5) is 5.69 Å². The van der Waals surface area contributed by atoms with Crippen LogP contribution in [0.25, 0.3) is 0 Å². The highest BCUT2D eigenvalue weighted by Gasteiger charge is 2.26. The van der Waals surface area contributed by atoms with Gasteiger partial charge in [-0.1, -0.05) is 18.2 Å². The van der Waals surface area contributed by atoms with Crippen molar-refractivity contribution in [2.75, 3.05) is 50.7 Å². The van der Waals surface area contributed by atoms with Gasteiger partial charge in [-0.25, -0.2) is 0 Å². The van der Waals surface area contributed by atoms with Crippen molar-refractivity contribution in [1.82, 2.24) is 9.80 Å². The summed E-state index contributed by atoms with van der Waals surface area (Å²) >= 11 is 1.85. The average Bonchev–Trinajstić information content (AvgIpc) is 3.26. The summed E-state index contributed by atoms with van der Waals surface area (Å²) in [6, 6.07) is 11.9. The van der Waals surface area contributed by atoms with Crippen LogP contribution in [0.5, 0.6) is 0 Å². The molecule has 0 atom stereocenters. The van der Waals surface area contributed by atoms with Gasteiger partial charge in [0.05, 0.1) is 5.69 Å². The fourth-order valence-electron chi connectivity index (χ4n) is 4.38. The third-order valence-corrected chi connectivity index (χ3v) is 7.12. The number of unbranched alkanes of at least 4 members (excludes halogenated alkanes) is 1.